The number of hydrogen-bond donors (Lipinski definition) is 1. The Morgan fingerprint density at radius 3 is 2.70 bits per heavy atom. The van der Waals surface area contributed by atoms with Crippen LogP contribution in [0.15, 0.2) is 0 Å². The number of ether oxygens (including phenoxy) is 1. The molecule has 1 saturated heterocycles. The van der Waals surface area contributed by atoms with Gasteiger partial charge in [-0.2, -0.15) is 4.31 Å². The molecule has 0 bridgehead atoms. The second-order valence-corrected chi connectivity index (χ2v) is 7.26. The highest BCUT2D eigenvalue weighted by molar-refractivity contribution is 7.88. The van der Waals surface area contributed by atoms with Gasteiger partial charge in [0.2, 0.25) is 15.9 Å². The zero-order valence-corrected chi connectivity index (χ0v) is 13.4. The molecule has 1 aliphatic rings. The van der Waals surface area contributed by atoms with Gasteiger partial charge in [-0.25, -0.2) is 8.42 Å². The molecule has 2 atom stereocenters. The van der Waals surface area contributed by atoms with Crippen molar-refractivity contribution in [1.82, 2.24) is 9.62 Å². The second kappa shape index (κ2) is 7.95. The lowest BCUT2D eigenvalue weighted by Gasteiger charge is -2.25. The van der Waals surface area contributed by atoms with Crippen LogP contribution in [-0.4, -0.2) is 56.7 Å². The van der Waals surface area contributed by atoms with Crippen LogP contribution in [-0.2, 0) is 19.6 Å². The Kier molecular flexibility index (Phi) is 6.91. The molecule has 2 unspecified atom stereocenters. The minimum atomic E-state index is -3.27. The standard InChI is InChI=1S/C13H26N2O4S/c1-4-11(2)15(20(3,17)18)8-7-13(16)14-10-12-6-5-9-19-12/h11-12H,4-10H2,1-3H3,(H,14,16). The normalized spacial score (nSPS) is 21.1. The number of amides is 1. The van der Waals surface area contributed by atoms with Crippen LogP contribution < -0.4 is 5.32 Å². The van der Waals surface area contributed by atoms with Crippen LogP contribution in [0.2, 0.25) is 0 Å². The fourth-order valence-corrected chi connectivity index (χ4v) is 3.48. The van der Waals surface area contributed by atoms with Gasteiger partial charge in [0.1, 0.15) is 0 Å². The van der Waals surface area contributed by atoms with Gasteiger partial charge < -0.3 is 10.1 Å². The fraction of sp³-hybridized carbons (Fsp3) is 0.923. The smallest absolute Gasteiger partial charge is 0.221 e. The van der Waals surface area contributed by atoms with Crippen molar-refractivity contribution in [1.29, 1.82) is 0 Å². The van der Waals surface area contributed by atoms with E-state index in [0.717, 1.165) is 25.9 Å². The van der Waals surface area contributed by atoms with Gasteiger partial charge in [0.15, 0.2) is 0 Å². The lowest BCUT2D eigenvalue weighted by atomic mass is 10.2. The first-order valence-corrected chi connectivity index (χ1v) is 9.04. The molecule has 0 aliphatic carbocycles. The Hall–Kier alpha value is -0.660. The maximum absolute atomic E-state index is 11.8. The predicted molar refractivity (Wildman–Crippen MR) is 77.9 cm³/mol. The van der Waals surface area contributed by atoms with E-state index in [9.17, 15) is 13.2 Å². The largest absolute Gasteiger partial charge is 0.376 e. The molecule has 1 amide bonds. The summed E-state index contributed by atoms with van der Waals surface area (Å²) in [4.78, 5) is 11.8. The molecular formula is C13H26N2O4S. The monoisotopic (exact) mass is 306 g/mol. The Labute approximate surface area is 121 Å². The van der Waals surface area contributed by atoms with Crippen molar-refractivity contribution in [3.8, 4) is 0 Å². The van der Waals surface area contributed by atoms with Gasteiger partial charge in [0.25, 0.3) is 0 Å². The van der Waals surface area contributed by atoms with E-state index >= 15 is 0 Å². The van der Waals surface area contributed by atoms with Gasteiger partial charge in [-0.05, 0) is 26.2 Å². The molecule has 118 valence electrons. The SMILES string of the molecule is CCC(C)N(CCC(=O)NCC1CCCO1)S(C)(=O)=O. The lowest BCUT2D eigenvalue weighted by Crippen LogP contribution is -2.41. The van der Waals surface area contributed by atoms with Crippen LogP contribution in [0.1, 0.15) is 39.5 Å². The van der Waals surface area contributed by atoms with Crippen LogP contribution in [0.4, 0.5) is 0 Å². The summed E-state index contributed by atoms with van der Waals surface area (Å²) in [5.41, 5.74) is 0. The maximum atomic E-state index is 11.8. The third-order valence-corrected chi connectivity index (χ3v) is 5.01. The number of hydrogen-bond acceptors (Lipinski definition) is 4. The molecular weight excluding hydrogens is 280 g/mol. The summed E-state index contributed by atoms with van der Waals surface area (Å²) in [5.74, 6) is -0.127. The average Bonchev–Trinajstić information content (AvgIpc) is 2.87. The molecule has 6 nitrogen and oxygen atoms in total. The average molecular weight is 306 g/mol. The van der Waals surface area contributed by atoms with Crippen molar-refractivity contribution in [2.75, 3.05) is 26.0 Å². The van der Waals surface area contributed by atoms with Crippen molar-refractivity contribution < 1.29 is 17.9 Å². The second-order valence-electron chi connectivity index (χ2n) is 5.32. The van der Waals surface area contributed by atoms with E-state index in [0.29, 0.717) is 6.54 Å². The minimum absolute atomic E-state index is 0.0871. The first-order valence-electron chi connectivity index (χ1n) is 7.19. The van der Waals surface area contributed by atoms with Crippen LogP contribution >= 0.6 is 0 Å². The zero-order chi connectivity index (χ0) is 15.2. The Balaban J connectivity index is 2.36. The van der Waals surface area contributed by atoms with E-state index in [2.05, 4.69) is 5.32 Å². The maximum Gasteiger partial charge on any atom is 0.221 e. The van der Waals surface area contributed by atoms with E-state index in [1.807, 2.05) is 13.8 Å². The minimum Gasteiger partial charge on any atom is -0.376 e. The summed E-state index contributed by atoms with van der Waals surface area (Å²) in [6, 6.07) is -0.0871. The molecule has 0 spiro atoms. The number of nitrogens with one attached hydrogen (secondary N) is 1. The van der Waals surface area contributed by atoms with E-state index < -0.39 is 10.0 Å². The van der Waals surface area contributed by atoms with Crippen molar-refractivity contribution in [3.05, 3.63) is 0 Å². The number of sulfonamides is 1. The van der Waals surface area contributed by atoms with Gasteiger partial charge in [-0.3, -0.25) is 4.79 Å². The van der Waals surface area contributed by atoms with E-state index in [-0.39, 0.29) is 31.0 Å². The van der Waals surface area contributed by atoms with Gasteiger partial charge in [0.05, 0.1) is 12.4 Å². The predicted octanol–water partition coefficient (Wildman–Crippen LogP) is 0.732. The van der Waals surface area contributed by atoms with E-state index in [1.165, 1.54) is 10.6 Å². The molecule has 1 aliphatic heterocycles. The van der Waals surface area contributed by atoms with Crippen LogP contribution in [0, 0.1) is 0 Å². The third kappa shape index (κ3) is 5.76. The van der Waals surface area contributed by atoms with Gasteiger partial charge in [-0.1, -0.05) is 6.92 Å². The van der Waals surface area contributed by atoms with E-state index in [1.54, 1.807) is 0 Å². The lowest BCUT2D eigenvalue weighted by molar-refractivity contribution is -0.121. The molecule has 1 fully saturated rings. The molecule has 7 heteroatoms. The molecule has 0 saturated carbocycles. The van der Waals surface area contributed by atoms with Gasteiger partial charge >= 0.3 is 0 Å². The van der Waals surface area contributed by atoms with Gasteiger partial charge in [-0.15, -0.1) is 0 Å². The number of carbonyl (C=O) groups excluding carboxylic acids is 1. The summed E-state index contributed by atoms with van der Waals surface area (Å²) in [6.07, 6.45) is 4.22. The Bertz CT molecular complexity index is 405. The van der Waals surface area contributed by atoms with Crippen molar-refractivity contribution in [3.63, 3.8) is 0 Å². The summed E-state index contributed by atoms with van der Waals surface area (Å²) >= 11 is 0. The summed E-state index contributed by atoms with van der Waals surface area (Å²) in [7, 11) is -3.27. The summed E-state index contributed by atoms with van der Waals surface area (Å²) < 4.78 is 30.2. The van der Waals surface area contributed by atoms with Gasteiger partial charge in [0, 0.05) is 32.2 Å². The zero-order valence-electron chi connectivity index (χ0n) is 12.6. The Morgan fingerprint density at radius 2 is 2.20 bits per heavy atom. The topological polar surface area (TPSA) is 75.7 Å². The fourth-order valence-electron chi connectivity index (χ4n) is 2.25. The number of carbonyl (C=O) groups is 1. The van der Waals surface area contributed by atoms with E-state index in [4.69, 9.17) is 4.74 Å². The molecule has 0 aromatic rings. The van der Waals surface area contributed by atoms with Crippen molar-refractivity contribution in [2.24, 2.45) is 0 Å². The molecule has 0 radical (unpaired) electrons. The summed E-state index contributed by atoms with van der Waals surface area (Å²) in [6.45, 7) is 5.29. The molecule has 0 aromatic heterocycles. The third-order valence-electron chi connectivity index (χ3n) is 3.62. The molecule has 1 heterocycles. The molecule has 20 heavy (non-hydrogen) atoms. The number of rotatable bonds is 8. The Morgan fingerprint density at radius 1 is 1.50 bits per heavy atom. The van der Waals surface area contributed by atoms with Crippen LogP contribution in [0.3, 0.4) is 0 Å². The highest BCUT2D eigenvalue weighted by Gasteiger charge is 2.23. The molecule has 1 rings (SSSR count). The quantitative estimate of drug-likeness (QED) is 0.717. The number of nitrogens with zero attached hydrogens (tertiary/aromatic N) is 1. The first-order chi connectivity index (χ1) is 9.34. The first kappa shape index (κ1) is 17.4. The van der Waals surface area contributed by atoms with Crippen LogP contribution in [0.5, 0.6) is 0 Å². The van der Waals surface area contributed by atoms with Crippen molar-refractivity contribution in [2.45, 2.75) is 51.7 Å². The molecule has 1 N–H and O–H groups in total. The summed E-state index contributed by atoms with van der Waals surface area (Å²) in [5, 5.41) is 2.80. The highest BCUT2D eigenvalue weighted by atomic mass is 32.2. The molecule has 0 aromatic carbocycles. The highest BCUT2D eigenvalue weighted by Crippen LogP contribution is 2.11. The van der Waals surface area contributed by atoms with Crippen LogP contribution in [0.25, 0.3) is 0 Å². The van der Waals surface area contributed by atoms with Crippen molar-refractivity contribution >= 4 is 15.9 Å².